The van der Waals surface area contributed by atoms with Gasteiger partial charge in [0.1, 0.15) is 6.20 Å². The molecule has 0 bridgehead atoms. The highest BCUT2D eigenvalue weighted by Crippen LogP contribution is 2.24. The molecule has 34 heavy (non-hydrogen) atoms. The van der Waals surface area contributed by atoms with Crippen molar-refractivity contribution in [3.63, 3.8) is 0 Å². The standard InChI is InChI=1S/C21H21N7O6/c1-11-5-15(9-24-26-18-17(28(31)32)10-23-21(22)25-18)12(2)27(11)16-7-13(19(29)33-3)6-14(8-16)20(30)34-4/h5-10H,1-4H3,(H3,22,23,25,26)/b24-9-. The number of hydrogen-bond donors (Lipinski definition) is 2. The SMILES string of the molecule is COC(=O)c1cc(C(=O)OC)cc(-n2c(C)cc(/C=N\Nc3nc(N)ncc3[N+](=O)[O-])c2C)c1. The van der Waals surface area contributed by atoms with Crippen molar-refractivity contribution in [3.05, 3.63) is 68.7 Å². The van der Waals surface area contributed by atoms with Gasteiger partial charge in [0.25, 0.3) is 0 Å². The van der Waals surface area contributed by atoms with Crippen LogP contribution in [0, 0.1) is 24.0 Å². The number of hydrazone groups is 1. The van der Waals surface area contributed by atoms with Crippen molar-refractivity contribution in [1.29, 1.82) is 0 Å². The Balaban J connectivity index is 1.99. The minimum Gasteiger partial charge on any atom is -0.465 e. The molecule has 2 aromatic heterocycles. The summed E-state index contributed by atoms with van der Waals surface area (Å²) < 4.78 is 11.4. The van der Waals surface area contributed by atoms with E-state index in [1.54, 1.807) is 12.1 Å². The van der Waals surface area contributed by atoms with E-state index in [0.29, 0.717) is 11.3 Å². The first-order valence-corrected chi connectivity index (χ1v) is 9.73. The van der Waals surface area contributed by atoms with Gasteiger partial charge in [-0.25, -0.2) is 14.6 Å². The Labute approximate surface area is 193 Å². The minimum absolute atomic E-state index is 0.145. The van der Waals surface area contributed by atoms with Gasteiger partial charge in [-0.1, -0.05) is 0 Å². The molecular weight excluding hydrogens is 446 g/mol. The van der Waals surface area contributed by atoms with Crippen LogP contribution in [0.2, 0.25) is 0 Å². The summed E-state index contributed by atoms with van der Waals surface area (Å²) >= 11 is 0. The van der Waals surface area contributed by atoms with E-state index in [2.05, 4.69) is 20.5 Å². The molecule has 0 unspecified atom stereocenters. The first-order valence-electron chi connectivity index (χ1n) is 9.73. The Hall–Kier alpha value is -4.81. The molecule has 1 aromatic carbocycles. The Morgan fingerprint density at radius 2 is 1.76 bits per heavy atom. The number of methoxy groups -OCH3 is 2. The third-order valence-electron chi connectivity index (χ3n) is 4.85. The molecule has 0 aliphatic rings. The number of nitrogens with one attached hydrogen (secondary N) is 1. The normalized spacial score (nSPS) is 10.8. The number of rotatable bonds is 7. The molecule has 0 amide bonds. The van der Waals surface area contributed by atoms with Crippen LogP contribution in [0.25, 0.3) is 5.69 Å². The predicted molar refractivity (Wildman–Crippen MR) is 122 cm³/mol. The van der Waals surface area contributed by atoms with Gasteiger partial charge in [-0.3, -0.25) is 15.5 Å². The number of nitro groups is 1. The van der Waals surface area contributed by atoms with Crippen LogP contribution in [0.3, 0.4) is 0 Å². The molecule has 0 aliphatic heterocycles. The summed E-state index contributed by atoms with van der Waals surface area (Å²) in [5, 5.41) is 15.2. The third-order valence-corrected chi connectivity index (χ3v) is 4.85. The molecule has 0 spiro atoms. The van der Waals surface area contributed by atoms with Crippen LogP contribution in [0.15, 0.2) is 35.6 Å². The highest BCUT2D eigenvalue weighted by atomic mass is 16.6. The molecular formula is C21H21N7O6. The summed E-state index contributed by atoms with van der Waals surface area (Å²) in [5.41, 5.74) is 10.7. The molecule has 176 valence electrons. The number of benzene rings is 1. The number of esters is 2. The lowest BCUT2D eigenvalue weighted by Gasteiger charge is -2.13. The fourth-order valence-corrected chi connectivity index (χ4v) is 3.30. The van der Waals surface area contributed by atoms with E-state index in [1.165, 1.54) is 26.5 Å². The largest absolute Gasteiger partial charge is 0.465 e. The van der Waals surface area contributed by atoms with E-state index >= 15 is 0 Å². The summed E-state index contributed by atoms with van der Waals surface area (Å²) in [6, 6.07) is 6.38. The van der Waals surface area contributed by atoms with Gasteiger partial charge in [0.15, 0.2) is 0 Å². The second kappa shape index (κ2) is 9.77. The number of ether oxygens (including phenoxy) is 2. The zero-order valence-corrected chi connectivity index (χ0v) is 18.7. The van der Waals surface area contributed by atoms with Gasteiger partial charge in [-0.05, 0) is 38.1 Å². The van der Waals surface area contributed by atoms with Gasteiger partial charge in [0, 0.05) is 22.6 Å². The van der Waals surface area contributed by atoms with Crippen molar-refractivity contribution in [2.24, 2.45) is 5.10 Å². The van der Waals surface area contributed by atoms with Crippen molar-refractivity contribution < 1.29 is 24.0 Å². The summed E-state index contributed by atoms with van der Waals surface area (Å²) in [5.74, 6) is -1.51. The van der Waals surface area contributed by atoms with Crippen LogP contribution in [-0.2, 0) is 9.47 Å². The van der Waals surface area contributed by atoms with Crippen LogP contribution in [0.5, 0.6) is 0 Å². The molecule has 0 atom stereocenters. The van der Waals surface area contributed by atoms with Gasteiger partial charge >= 0.3 is 17.6 Å². The van der Waals surface area contributed by atoms with Crippen molar-refractivity contribution in [1.82, 2.24) is 14.5 Å². The number of aromatic nitrogens is 3. The molecule has 13 heteroatoms. The second-order valence-electron chi connectivity index (χ2n) is 7.00. The Morgan fingerprint density at radius 3 is 2.32 bits per heavy atom. The minimum atomic E-state index is -0.656. The van der Waals surface area contributed by atoms with Gasteiger partial charge in [0.05, 0.1) is 36.5 Å². The maximum atomic E-state index is 12.1. The molecule has 0 saturated heterocycles. The maximum Gasteiger partial charge on any atom is 0.337 e. The van der Waals surface area contributed by atoms with Gasteiger partial charge in [-0.15, -0.1) is 0 Å². The molecule has 0 saturated carbocycles. The van der Waals surface area contributed by atoms with E-state index < -0.39 is 16.9 Å². The maximum absolute atomic E-state index is 12.1. The highest BCUT2D eigenvalue weighted by molar-refractivity contribution is 5.96. The lowest BCUT2D eigenvalue weighted by molar-refractivity contribution is -0.384. The molecule has 2 heterocycles. The average Bonchev–Trinajstić information content (AvgIpc) is 3.10. The van der Waals surface area contributed by atoms with E-state index in [-0.39, 0.29) is 28.6 Å². The first kappa shape index (κ1) is 23.8. The molecule has 3 rings (SSSR count). The van der Waals surface area contributed by atoms with Gasteiger partial charge in [0.2, 0.25) is 11.8 Å². The highest BCUT2D eigenvalue weighted by Gasteiger charge is 2.18. The number of nitrogens with two attached hydrogens (primary N) is 1. The van der Waals surface area contributed by atoms with E-state index in [1.807, 2.05) is 24.5 Å². The molecule has 13 nitrogen and oxygen atoms in total. The summed E-state index contributed by atoms with van der Waals surface area (Å²) in [6.07, 6.45) is 2.44. The zero-order valence-electron chi connectivity index (χ0n) is 18.7. The molecule has 3 aromatic rings. The summed E-state index contributed by atoms with van der Waals surface area (Å²) in [7, 11) is 2.49. The average molecular weight is 467 g/mol. The third kappa shape index (κ3) is 4.82. The number of aryl methyl sites for hydroxylation is 1. The van der Waals surface area contributed by atoms with Crippen molar-refractivity contribution in [2.45, 2.75) is 13.8 Å². The number of nitrogen functional groups attached to an aromatic ring is 1. The molecule has 3 N–H and O–H groups in total. The van der Waals surface area contributed by atoms with Crippen LogP contribution < -0.4 is 11.2 Å². The van der Waals surface area contributed by atoms with Crippen LogP contribution in [-0.4, -0.2) is 51.8 Å². The number of hydrogen-bond acceptors (Lipinski definition) is 11. The van der Waals surface area contributed by atoms with E-state index in [4.69, 9.17) is 15.2 Å². The summed E-state index contributed by atoms with van der Waals surface area (Å²) in [4.78, 5) is 42.1. The predicted octanol–water partition coefficient (Wildman–Crippen LogP) is 2.39. The lowest BCUT2D eigenvalue weighted by atomic mass is 10.1. The lowest BCUT2D eigenvalue weighted by Crippen LogP contribution is -2.10. The van der Waals surface area contributed by atoms with Crippen LogP contribution in [0.4, 0.5) is 17.5 Å². The van der Waals surface area contributed by atoms with Gasteiger partial charge < -0.3 is 19.8 Å². The van der Waals surface area contributed by atoms with E-state index in [9.17, 15) is 19.7 Å². The smallest absolute Gasteiger partial charge is 0.337 e. The van der Waals surface area contributed by atoms with Crippen molar-refractivity contribution in [2.75, 3.05) is 25.4 Å². The van der Waals surface area contributed by atoms with Crippen molar-refractivity contribution >= 4 is 35.6 Å². The topological polar surface area (TPSA) is 177 Å². The summed E-state index contributed by atoms with van der Waals surface area (Å²) in [6.45, 7) is 3.64. The number of nitrogens with zero attached hydrogens (tertiary/aromatic N) is 5. The number of carbonyl (C=O) groups excluding carboxylic acids is 2. The monoisotopic (exact) mass is 467 g/mol. The first-order chi connectivity index (χ1) is 16.2. The fraction of sp³-hybridized carbons (Fsp3) is 0.190. The second-order valence-corrected chi connectivity index (χ2v) is 7.00. The number of carbonyl (C=O) groups is 2. The van der Waals surface area contributed by atoms with Crippen molar-refractivity contribution in [3.8, 4) is 5.69 Å². The molecule has 0 aliphatic carbocycles. The molecule has 0 fully saturated rings. The van der Waals surface area contributed by atoms with E-state index in [0.717, 1.165) is 17.6 Å². The quantitative estimate of drug-likeness (QED) is 0.227. The number of anilines is 2. The van der Waals surface area contributed by atoms with Gasteiger partial charge in [-0.2, -0.15) is 10.1 Å². The Morgan fingerprint density at radius 1 is 1.15 bits per heavy atom. The van der Waals surface area contributed by atoms with Crippen LogP contribution in [0.1, 0.15) is 37.7 Å². The Kier molecular flexibility index (Phi) is 6.85. The molecule has 0 radical (unpaired) electrons. The zero-order chi connectivity index (χ0) is 25.0. The Bertz CT molecular complexity index is 1280. The fourth-order valence-electron chi connectivity index (χ4n) is 3.30. The van der Waals surface area contributed by atoms with Crippen LogP contribution >= 0.6 is 0 Å².